The second kappa shape index (κ2) is 12.3. The summed E-state index contributed by atoms with van der Waals surface area (Å²) in [7, 11) is 0. The number of hydrogen-bond acceptors (Lipinski definition) is 7. The molecule has 1 amide bonds. The molecule has 0 saturated heterocycles. The van der Waals surface area contributed by atoms with Gasteiger partial charge in [0, 0.05) is 23.9 Å². The maximum absolute atomic E-state index is 12.4. The highest BCUT2D eigenvalue weighted by Gasteiger charge is 2.24. The van der Waals surface area contributed by atoms with Gasteiger partial charge >= 0.3 is 0 Å². The Balaban J connectivity index is 1.39. The van der Waals surface area contributed by atoms with Gasteiger partial charge in [-0.15, -0.1) is 10.2 Å². The molecular formula is C26H28N6O3S. The Labute approximate surface area is 213 Å². The third-order valence-corrected chi connectivity index (χ3v) is 6.95. The van der Waals surface area contributed by atoms with Crippen LogP contribution in [0.5, 0.6) is 0 Å². The molecule has 10 heteroatoms. The number of carbonyl (C=O) groups is 1. The van der Waals surface area contributed by atoms with Crippen molar-refractivity contribution in [2.24, 2.45) is 5.10 Å². The summed E-state index contributed by atoms with van der Waals surface area (Å²) in [6.45, 7) is 2.05. The van der Waals surface area contributed by atoms with Crippen LogP contribution in [0.2, 0.25) is 0 Å². The highest BCUT2D eigenvalue weighted by molar-refractivity contribution is 7.99. The smallest absolute Gasteiger partial charge is 0.276 e. The summed E-state index contributed by atoms with van der Waals surface area (Å²) in [4.78, 5) is 23.0. The zero-order valence-corrected chi connectivity index (χ0v) is 20.9. The first-order valence-corrected chi connectivity index (χ1v) is 12.9. The minimum absolute atomic E-state index is 0.00895. The van der Waals surface area contributed by atoms with Gasteiger partial charge in [0.1, 0.15) is 0 Å². The standard InChI is InChI=1S/C26H28N6O3S/c1-19-13-15-21(16-14-19)25-29-30-26(31(25)22-10-3-2-4-11-22)36-18-24(33)28-27-17-7-9-20-8-5-6-12-23(20)32(34)35/h5-9,12-17,22H,2-4,10-11,18H2,1H3,(H,28,33)/b9-7+,27-17+. The number of aryl methyl sites for hydroxylation is 1. The van der Waals surface area contributed by atoms with Crippen molar-refractivity contribution in [3.8, 4) is 11.4 Å². The molecule has 186 valence electrons. The lowest BCUT2D eigenvalue weighted by molar-refractivity contribution is -0.385. The summed E-state index contributed by atoms with van der Waals surface area (Å²) in [5, 5.41) is 24.6. The summed E-state index contributed by atoms with van der Waals surface area (Å²) in [5.41, 5.74) is 5.16. The Bertz CT molecular complexity index is 1260. The van der Waals surface area contributed by atoms with Crippen LogP contribution in [0.25, 0.3) is 17.5 Å². The average Bonchev–Trinajstić information content (AvgIpc) is 3.32. The molecule has 1 aromatic heterocycles. The van der Waals surface area contributed by atoms with Crippen molar-refractivity contribution in [3.63, 3.8) is 0 Å². The van der Waals surface area contributed by atoms with Gasteiger partial charge in [0.15, 0.2) is 11.0 Å². The maximum Gasteiger partial charge on any atom is 0.276 e. The Morgan fingerprint density at radius 1 is 1.17 bits per heavy atom. The molecule has 1 N–H and O–H groups in total. The highest BCUT2D eigenvalue weighted by Crippen LogP contribution is 2.35. The number of nitro benzene ring substituents is 1. The number of nitro groups is 1. The zero-order valence-electron chi connectivity index (χ0n) is 20.0. The average molecular weight is 505 g/mol. The Morgan fingerprint density at radius 3 is 2.67 bits per heavy atom. The molecule has 1 fully saturated rings. The first-order valence-electron chi connectivity index (χ1n) is 11.9. The minimum Gasteiger partial charge on any atom is -0.299 e. The number of rotatable bonds is 9. The van der Waals surface area contributed by atoms with Crippen molar-refractivity contribution in [1.82, 2.24) is 20.2 Å². The van der Waals surface area contributed by atoms with Gasteiger partial charge in [-0.1, -0.05) is 73.0 Å². The van der Waals surface area contributed by atoms with E-state index in [9.17, 15) is 14.9 Å². The molecule has 0 spiro atoms. The van der Waals surface area contributed by atoms with Crippen molar-refractivity contribution in [1.29, 1.82) is 0 Å². The van der Waals surface area contributed by atoms with Gasteiger partial charge in [0.25, 0.3) is 11.6 Å². The van der Waals surface area contributed by atoms with E-state index in [2.05, 4.69) is 56.5 Å². The van der Waals surface area contributed by atoms with Crippen LogP contribution in [-0.4, -0.2) is 37.6 Å². The van der Waals surface area contributed by atoms with E-state index >= 15 is 0 Å². The number of para-hydroxylation sites is 1. The number of aromatic nitrogens is 3. The number of nitrogens with zero attached hydrogens (tertiary/aromatic N) is 5. The molecule has 1 heterocycles. The van der Waals surface area contributed by atoms with Gasteiger partial charge in [-0.3, -0.25) is 19.5 Å². The van der Waals surface area contributed by atoms with Crippen LogP contribution in [0.4, 0.5) is 5.69 Å². The van der Waals surface area contributed by atoms with Crippen LogP contribution in [0.15, 0.2) is 64.9 Å². The lowest BCUT2D eigenvalue weighted by Crippen LogP contribution is -2.20. The van der Waals surface area contributed by atoms with E-state index < -0.39 is 4.92 Å². The molecule has 0 aliphatic heterocycles. The maximum atomic E-state index is 12.4. The molecule has 1 aliphatic rings. The van der Waals surface area contributed by atoms with E-state index in [1.807, 2.05) is 0 Å². The summed E-state index contributed by atoms with van der Waals surface area (Å²) in [6.07, 6.45) is 10.3. The number of carbonyl (C=O) groups excluding carboxylic acids is 1. The van der Waals surface area contributed by atoms with Crippen molar-refractivity contribution in [2.75, 3.05) is 5.75 Å². The van der Waals surface area contributed by atoms with Crippen LogP contribution in [0.1, 0.15) is 49.3 Å². The van der Waals surface area contributed by atoms with Crippen LogP contribution in [0.3, 0.4) is 0 Å². The second-order valence-electron chi connectivity index (χ2n) is 8.61. The fourth-order valence-electron chi connectivity index (χ4n) is 4.20. The van der Waals surface area contributed by atoms with Crippen molar-refractivity contribution < 1.29 is 9.72 Å². The molecule has 0 radical (unpaired) electrons. The molecule has 1 aliphatic carbocycles. The third-order valence-electron chi connectivity index (χ3n) is 6.01. The van der Waals surface area contributed by atoms with Gasteiger partial charge in [-0.05, 0) is 38.0 Å². The van der Waals surface area contributed by atoms with E-state index in [4.69, 9.17) is 0 Å². The van der Waals surface area contributed by atoms with E-state index in [0.717, 1.165) is 29.4 Å². The summed E-state index contributed by atoms with van der Waals surface area (Å²) in [5.74, 6) is 0.706. The number of benzene rings is 2. The van der Waals surface area contributed by atoms with Gasteiger partial charge < -0.3 is 0 Å². The number of hydrogen-bond donors (Lipinski definition) is 1. The molecule has 0 atom stereocenters. The normalized spacial score (nSPS) is 14.5. The summed E-state index contributed by atoms with van der Waals surface area (Å²) < 4.78 is 2.19. The largest absolute Gasteiger partial charge is 0.299 e. The van der Waals surface area contributed by atoms with E-state index in [-0.39, 0.29) is 17.3 Å². The number of thioether (sulfide) groups is 1. The highest BCUT2D eigenvalue weighted by atomic mass is 32.2. The zero-order chi connectivity index (χ0) is 25.3. The number of nitrogens with one attached hydrogen (secondary N) is 1. The lowest BCUT2D eigenvalue weighted by atomic mass is 9.95. The van der Waals surface area contributed by atoms with Crippen molar-refractivity contribution in [3.05, 3.63) is 75.8 Å². The van der Waals surface area contributed by atoms with Crippen molar-refractivity contribution >= 4 is 35.6 Å². The molecule has 1 saturated carbocycles. The Kier molecular flexibility index (Phi) is 8.62. The molecule has 36 heavy (non-hydrogen) atoms. The number of allylic oxidation sites excluding steroid dienone is 1. The van der Waals surface area contributed by atoms with Crippen LogP contribution in [0, 0.1) is 17.0 Å². The third kappa shape index (κ3) is 6.45. The summed E-state index contributed by atoms with van der Waals surface area (Å²) >= 11 is 1.34. The fourth-order valence-corrected chi connectivity index (χ4v) is 5.00. The van der Waals surface area contributed by atoms with E-state index in [1.165, 1.54) is 48.9 Å². The fraction of sp³-hybridized carbons (Fsp3) is 0.308. The molecule has 0 bridgehead atoms. The minimum atomic E-state index is -0.438. The Hall–Kier alpha value is -3.79. The monoisotopic (exact) mass is 504 g/mol. The molecule has 9 nitrogen and oxygen atoms in total. The van der Waals surface area contributed by atoms with Gasteiger partial charge in [0.05, 0.1) is 16.2 Å². The van der Waals surface area contributed by atoms with Gasteiger partial charge in [0.2, 0.25) is 0 Å². The molecule has 2 aromatic carbocycles. The van der Waals surface area contributed by atoms with E-state index in [1.54, 1.807) is 30.4 Å². The Morgan fingerprint density at radius 2 is 1.92 bits per heavy atom. The first kappa shape index (κ1) is 25.3. The van der Waals surface area contributed by atoms with E-state index in [0.29, 0.717) is 11.6 Å². The second-order valence-corrected chi connectivity index (χ2v) is 9.55. The SMILES string of the molecule is Cc1ccc(-c2nnc(SCC(=O)N/N=C/C=C/c3ccccc3[N+](=O)[O-])n2C2CCCCC2)cc1. The lowest BCUT2D eigenvalue weighted by Gasteiger charge is -2.25. The van der Waals surface area contributed by atoms with Crippen LogP contribution in [-0.2, 0) is 4.79 Å². The number of amides is 1. The van der Waals surface area contributed by atoms with Crippen LogP contribution < -0.4 is 5.43 Å². The molecule has 0 unspecified atom stereocenters. The van der Waals surface area contributed by atoms with Crippen LogP contribution >= 0.6 is 11.8 Å². The van der Waals surface area contributed by atoms with Gasteiger partial charge in [-0.2, -0.15) is 5.10 Å². The number of hydrazone groups is 1. The molecular weight excluding hydrogens is 476 g/mol. The predicted octanol–water partition coefficient (Wildman–Crippen LogP) is 5.57. The predicted molar refractivity (Wildman–Crippen MR) is 142 cm³/mol. The van der Waals surface area contributed by atoms with Crippen molar-refractivity contribution in [2.45, 2.75) is 50.2 Å². The quantitative estimate of drug-likeness (QED) is 0.176. The molecule has 3 aromatic rings. The topological polar surface area (TPSA) is 115 Å². The molecule has 4 rings (SSSR count). The van der Waals surface area contributed by atoms with Gasteiger partial charge in [-0.25, -0.2) is 5.43 Å². The summed E-state index contributed by atoms with van der Waals surface area (Å²) in [6, 6.07) is 15.0. The first-order chi connectivity index (χ1) is 17.5.